The Bertz CT molecular complexity index is 619. The lowest BCUT2D eigenvalue weighted by Crippen LogP contribution is -2.28. The largest absolute Gasteiger partial charge is 0.343 e. The van der Waals surface area contributed by atoms with Crippen LogP contribution in [0.3, 0.4) is 0 Å². The van der Waals surface area contributed by atoms with Gasteiger partial charge in [-0.15, -0.1) is 11.6 Å². The summed E-state index contributed by atoms with van der Waals surface area (Å²) in [5.41, 5.74) is 1.82. The second kappa shape index (κ2) is 5.79. The molecule has 106 valence electrons. The smallest absolute Gasteiger partial charge is 0.224 e. The summed E-state index contributed by atoms with van der Waals surface area (Å²) in [6, 6.07) is 1.92. The van der Waals surface area contributed by atoms with Crippen molar-refractivity contribution in [3.05, 3.63) is 24.3 Å². The van der Waals surface area contributed by atoms with Gasteiger partial charge in [-0.1, -0.05) is 0 Å². The number of hydrogen-bond acceptors (Lipinski definition) is 3. The molecule has 2 aromatic heterocycles. The first-order valence-corrected chi connectivity index (χ1v) is 7.46. The fourth-order valence-corrected chi connectivity index (χ4v) is 2.92. The van der Waals surface area contributed by atoms with Crippen molar-refractivity contribution >= 4 is 28.5 Å². The van der Waals surface area contributed by atoms with Crippen molar-refractivity contribution in [2.24, 2.45) is 0 Å². The number of aryl methyl sites for hydroxylation is 1. The summed E-state index contributed by atoms with van der Waals surface area (Å²) in [6.45, 7) is 2.42. The predicted octanol–water partition coefficient (Wildman–Crippen LogP) is 2.18. The van der Waals surface area contributed by atoms with Crippen LogP contribution in [0, 0.1) is 0 Å². The maximum Gasteiger partial charge on any atom is 0.224 e. The van der Waals surface area contributed by atoms with E-state index in [4.69, 9.17) is 11.6 Å². The van der Waals surface area contributed by atoms with Crippen molar-refractivity contribution < 1.29 is 4.79 Å². The van der Waals surface area contributed by atoms with Crippen LogP contribution in [-0.2, 0) is 17.2 Å². The lowest BCUT2D eigenvalue weighted by molar-refractivity contribution is -0.130. The highest BCUT2D eigenvalue weighted by Gasteiger charge is 2.18. The summed E-state index contributed by atoms with van der Waals surface area (Å²) in [5, 5.41) is 0. The summed E-state index contributed by atoms with van der Waals surface area (Å²) in [5.74, 6) is 1.36. The Morgan fingerprint density at radius 1 is 1.35 bits per heavy atom. The first-order valence-electron chi connectivity index (χ1n) is 6.92. The summed E-state index contributed by atoms with van der Waals surface area (Å²) in [6.07, 6.45) is 6.21. The van der Waals surface area contributed by atoms with Crippen LogP contribution < -0.4 is 0 Å². The summed E-state index contributed by atoms with van der Waals surface area (Å²) < 4.78 is 2.03. The molecule has 0 aromatic carbocycles. The van der Waals surface area contributed by atoms with E-state index < -0.39 is 0 Å². The van der Waals surface area contributed by atoms with Crippen molar-refractivity contribution in [2.75, 3.05) is 13.1 Å². The van der Waals surface area contributed by atoms with E-state index in [1.807, 2.05) is 15.5 Å². The zero-order valence-corrected chi connectivity index (χ0v) is 12.0. The van der Waals surface area contributed by atoms with Gasteiger partial charge in [0.15, 0.2) is 0 Å². The Morgan fingerprint density at radius 3 is 2.90 bits per heavy atom. The number of carbonyl (C=O) groups is 1. The maximum atomic E-state index is 12.1. The monoisotopic (exact) mass is 292 g/mol. The molecule has 1 amide bonds. The molecule has 1 aliphatic rings. The van der Waals surface area contributed by atoms with Crippen molar-refractivity contribution in [1.82, 2.24) is 19.4 Å². The van der Waals surface area contributed by atoms with Crippen molar-refractivity contribution in [1.29, 1.82) is 0 Å². The lowest BCUT2D eigenvalue weighted by atomic mass is 10.3. The molecular formula is C14H17ClN4O. The molecule has 2 aromatic rings. The molecule has 0 atom stereocenters. The number of alkyl halides is 1. The Hall–Kier alpha value is -1.62. The molecule has 0 radical (unpaired) electrons. The molecule has 0 N–H and O–H groups in total. The van der Waals surface area contributed by atoms with E-state index in [1.165, 1.54) is 0 Å². The maximum absolute atomic E-state index is 12.1. The number of fused-ring (bicyclic) bond motifs is 1. The van der Waals surface area contributed by atoms with Gasteiger partial charge in [0.2, 0.25) is 5.91 Å². The number of pyridine rings is 1. The van der Waals surface area contributed by atoms with Crippen LogP contribution in [0.15, 0.2) is 18.5 Å². The minimum absolute atomic E-state index is 0.221. The van der Waals surface area contributed by atoms with Crippen molar-refractivity contribution in [2.45, 2.75) is 31.7 Å². The number of carbonyl (C=O) groups excluding carboxylic acids is 1. The normalized spacial score (nSPS) is 15.2. The van der Waals surface area contributed by atoms with Gasteiger partial charge in [0, 0.05) is 32.3 Å². The second-order valence-electron chi connectivity index (χ2n) is 5.02. The first-order chi connectivity index (χ1) is 9.79. The summed E-state index contributed by atoms with van der Waals surface area (Å²) in [7, 11) is 0. The number of likely N-dealkylation sites (tertiary alicyclic amines) is 1. The molecule has 1 aliphatic heterocycles. The molecule has 0 bridgehead atoms. The Kier molecular flexibility index (Phi) is 3.87. The third-order valence-corrected chi connectivity index (χ3v) is 4.00. The van der Waals surface area contributed by atoms with Gasteiger partial charge in [0.05, 0.1) is 17.6 Å². The first kappa shape index (κ1) is 13.4. The Labute approximate surface area is 122 Å². The van der Waals surface area contributed by atoms with Crippen LogP contribution in [0.25, 0.3) is 11.0 Å². The quantitative estimate of drug-likeness (QED) is 0.812. The molecule has 1 saturated heterocycles. The molecule has 0 saturated carbocycles. The molecule has 20 heavy (non-hydrogen) atoms. The molecule has 6 heteroatoms. The van der Waals surface area contributed by atoms with Gasteiger partial charge < -0.3 is 9.47 Å². The Balaban J connectivity index is 1.77. The number of nitrogens with zero attached hydrogens (tertiary/aromatic N) is 4. The van der Waals surface area contributed by atoms with Crippen molar-refractivity contribution in [3.8, 4) is 0 Å². The molecule has 1 fully saturated rings. The van der Waals surface area contributed by atoms with E-state index in [0.717, 1.165) is 42.8 Å². The van der Waals surface area contributed by atoms with Crippen LogP contribution >= 0.6 is 11.6 Å². The molecule has 0 unspecified atom stereocenters. The fourth-order valence-electron chi connectivity index (χ4n) is 2.72. The van der Waals surface area contributed by atoms with E-state index in [0.29, 0.717) is 18.8 Å². The van der Waals surface area contributed by atoms with Crippen LogP contribution in [0.1, 0.15) is 25.1 Å². The lowest BCUT2D eigenvalue weighted by Gasteiger charge is -2.15. The minimum Gasteiger partial charge on any atom is -0.343 e. The van der Waals surface area contributed by atoms with E-state index in [2.05, 4.69) is 9.97 Å². The molecule has 0 spiro atoms. The van der Waals surface area contributed by atoms with E-state index >= 15 is 0 Å². The van der Waals surface area contributed by atoms with Gasteiger partial charge in [-0.2, -0.15) is 0 Å². The number of rotatable bonds is 4. The zero-order valence-electron chi connectivity index (χ0n) is 11.3. The third kappa shape index (κ3) is 2.50. The summed E-state index contributed by atoms with van der Waals surface area (Å²) >= 11 is 5.95. The average molecular weight is 293 g/mol. The van der Waals surface area contributed by atoms with E-state index in [9.17, 15) is 4.79 Å². The molecule has 3 rings (SSSR count). The van der Waals surface area contributed by atoms with Gasteiger partial charge in [0.1, 0.15) is 11.3 Å². The van der Waals surface area contributed by atoms with Crippen LogP contribution in [0.4, 0.5) is 0 Å². The van der Waals surface area contributed by atoms with Crippen LogP contribution in [0.5, 0.6) is 0 Å². The number of imidazole rings is 1. The molecular weight excluding hydrogens is 276 g/mol. The molecule has 5 nitrogen and oxygen atoms in total. The van der Waals surface area contributed by atoms with Gasteiger partial charge in [-0.05, 0) is 18.9 Å². The minimum atomic E-state index is 0.221. The average Bonchev–Trinajstić information content (AvgIpc) is 3.12. The number of hydrogen-bond donors (Lipinski definition) is 0. The SMILES string of the molecule is O=C(CCn1c(CCl)nc2cnccc21)N1CCCC1. The van der Waals surface area contributed by atoms with Crippen LogP contribution in [-0.4, -0.2) is 38.4 Å². The van der Waals surface area contributed by atoms with Gasteiger partial charge in [-0.25, -0.2) is 4.98 Å². The van der Waals surface area contributed by atoms with Gasteiger partial charge in [-0.3, -0.25) is 9.78 Å². The fraction of sp³-hybridized carbons (Fsp3) is 0.500. The Morgan fingerprint density at radius 2 is 2.15 bits per heavy atom. The highest BCUT2D eigenvalue weighted by molar-refractivity contribution is 6.16. The zero-order chi connectivity index (χ0) is 13.9. The third-order valence-electron chi connectivity index (χ3n) is 3.76. The molecule has 0 aliphatic carbocycles. The van der Waals surface area contributed by atoms with Gasteiger partial charge >= 0.3 is 0 Å². The number of aromatic nitrogens is 3. The van der Waals surface area contributed by atoms with Crippen molar-refractivity contribution in [3.63, 3.8) is 0 Å². The van der Waals surface area contributed by atoms with E-state index in [-0.39, 0.29) is 5.91 Å². The molecule has 3 heterocycles. The van der Waals surface area contributed by atoms with Gasteiger partial charge in [0.25, 0.3) is 0 Å². The standard InChI is InChI=1S/C14H17ClN4O/c15-9-13-17-11-10-16-5-3-12(11)19(13)8-4-14(20)18-6-1-2-7-18/h3,5,10H,1-2,4,6-9H2. The topological polar surface area (TPSA) is 51.0 Å². The highest BCUT2D eigenvalue weighted by Crippen LogP contribution is 2.17. The second-order valence-corrected chi connectivity index (χ2v) is 5.28. The summed E-state index contributed by atoms with van der Waals surface area (Å²) in [4.78, 5) is 22.6. The predicted molar refractivity (Wildman–Crippen MR) is 77.5 cm³/mol. The number of amides is 1. The van der Waals surface area contributed by atoms with E-state index in [1.54, 1.807) is 12.4 Å². The van der Waals surface area contributed by atoms with Crippen LogP contribution in [0.2, 0.25) is 0 Å². The highest BCUT2D eigenvalue weighted by atomic mass is 35.5. The number of halogens is 1.